The van der Waals surface area contributed by atoms with Gasteiger partial charge in [0, 0.05) is 51.9 Å². The Bertz CT molecular complexity index is 526. The summed E-state index contributed by atoms with van der Waals surface area (Å²) in [6, 6.07) is 0.654. The van der Waals surface area contributed by atoms with Crippen molar-refractivity contribution in [3.63, 3.8) is 0 Å². The zero-order valence-corrected chi connectivity index (χ0v) is 17.3. The van der Waals surface area contributed by atoms with E-state index in [2.05, 4.69) is 4.90 Å². The Morgan fingerprint density at radius 1 is 1.00 bits per heavy atom. The molecule has 3 fully saturated rings. The Labute approximate surface area is 162 Å². The van der Waals surface area contributed by atoms with Gasteiger partial charge in [-0.15, -0.1) is 0 Å². The monoisotopic (exact) mass is 381 g/mol. The van der Waals surface area contributed by atoms with Gasteiger partial charge in [0.05, 0.1) is 0 Å². The van der Waals surface area contributed by atoms with Gasteiger partial charge in [-0.25, -0.2) is 4.79 Å². The van der Waals surface area contributed by atoms with Crippen LogP contribution in [0.15, 0.2) is 0 Å². The first-order valence-corrected chi connectivity index (χ1v) is 10.3. The van der Waals surface area contributed by atoms with Gasteiger partial charge in [-0.1, -0.05) is 0 Å². The predicted molar refractivity (Wildman–Crippen MR) is 103 cm³/mol. The minimum absolute atomic E-state index is 0.0841. The third kappa shape index (κ3) is 5.13. The van der Waals surface area contributed by atoms with Crippen molar-refractivity contribution in [1.29, 1.82) is 0 Å². The number of amides is 2. The Kier molecular flexibility index (Phi) is 6.31. The lowest BCUT2D eigenvalue weighted by atomic mass is 9.90. The third-order valence-electron chi connectivity index (χ3n) is 5.94. The molecule has 0 aromatic carbocycles. The number of carbonyl (C=O) groups is 2. The topological polar surface area (TPSA) is 62.3 Å². The molecule has 3 rings (SSSR count). The van der Waals surface area contributed by atoms with Crippen molar-refractivity contribution in [1.82, 2.24) is 14.7 Å². The average molecular weight is 382 g/mol. The minimum Gasteiger partial charge on any atom is -0.444 e. The lowest BCUT2D eigenvalue weighted by Crippen LogP contribution is -2.53. The molecule has 3 heterocycles. The molecule has 3 aliphatic rings. The first kappa shape index (κ1) is 20.4. The van der Waals surface area contributed by atoms with E-state index in [4.69, 9.17) is 9.47 Å². The standard InChI is InChI=1S/C20H35N3O4/c1-20(2,3)27-19(25)23-16-5-6-17(23)12-15(11-16)13-21-7-9-22(10-8-21)18(24)14-26-4/h15-17H,5-14H2,1-4H3. The first-order valence-electron chi connectivity index (χ1n) is 10.3. The summed E-state index contributed by atoms with van der Waals surface area (Å²) in [5.74, 6) is 0.711. The van der Waals surface area contributed by atoms with Crippen molar-refractivity contribution in [2.45, 2.75) is 64.1 Å². The second-order valence-corrected chi connectivity index (χ2v) is 9.22. The van der Waals surface area contributed by atoms with E-state index in [1.165, 1.54) is 0 Å². The number of nitrogens with zero attached hydrogens (tertiary/aromatic N) is 3. The summed E-state index contributed by atoms with van der Waals surface area (Å²) in [7, 11) is 1.56. The van der Waals surface area contributed by atoms with Crippen molar-refractivity contribution in [3.05, 3.63) is 0 Å². The fraction of sp³-hybridized carbons (Fsp3) is 0.900. The number of methoxy groups -OCH3 is 1. The molecule has 2 amide bonds. The highest BCUT2D eigenvalue weighted by atomic mass is 16.6. The van der Waals surface area contributed by atoms with Gasteiger partial charge in [-0.05, 0) is 52.4 Å². The summed E-state index contributed by atoms with van der Waals surface area (Å²) in [6.45, 7) is 10.4. The van der Waals surface area contributed by atoms with Crippen molar-refractivity contribution in [2.24, 2.45) is 5.92 Å². The molecule has 7 heteroatoms. The molecule has 0 radical (unpaired) electrons. The molecule has 0 N–H and O–H groups in total. The van der Waals surface area contributed by atoms with Crippen LogP contribution >= 0.6 is 0 Å². The van der Waals surface area contributed by atoms with Crippen LogP contribution in [0.1, 0.15) is 46.5 Å². The molecule has 0 aromatic heterocycles. The third-order valence-corrected chi connectivity index (χ3v) is 5.94. The quantitative estimate of drug-likeness (QED) is 0.745. The van der Waals surface area contributed by atoms with E-state index in [1.54, 1.807) is 7.11 Å². The molecular weight excluding hydrogens is 346 g/mol. The Hall–Kier alpha value is -1.34. The predicted octanol–water partition coefficient (Wildman–Crippen LogP) is 1.96. The van der Waals surface area contributed by atoms with Crippen LogP contribution in [0.5, 0.6) is 0 Å². The second-order valence-electron chi connectivity index (χ2n) is 9.22. The molecule has 2 unspecified atom stereocenters. The van der Waals surface area contributed by atoms with Crippen LogP contribution in [0.4, 0.5) is 4.79 Å². The van der Waals surface area contributed by atoms with Gasteiger partial charge < -0.3 is 19.3 Å². The molecular formula is C20H35N3O4. The van der Waals surface area contributed by atoms with E-state index in [0.29, 0.717) is 18.0 Å². The summed E-state index contributed by atoms with van der Waals surface area (Å²) in [4.78, 5) is 30.9. The van der Waals surface area contributed by atoms with Gasteiger partial charge >= 0.3 is 6.09 Å². The maximum atomic E-state index is 12.6. The van der Waals surface area contributed by atoms with Crippen molar-refractivity contribution >= 4 is 12.0 Å². The lowest BCUT2D eigenvalue weighted by molar-refractivity contribution is -0.137. The Morgan fingerprint density at radius 3 is 2.11 bits per heavy atom. The zero-order chi connectivity index (χ0) is 19.6. The molecule has 3 aliphatic heterocycles. The van der Waals surface area contributed by atoms with Crippen LogP contribution in [0.3, 0.4) is 0 Å². The van der Waals surface area contributed by atoms with Gasteiger partial charge in [-0.2, -0.15) is 0 Å². The molecule has 7 nitrogen and oxygen atoms in total. The number of piperazine rings is 1. The maximum Gasteiger partial charge on any atom is 0.410 e. The zero-order valence-electron chi connectivity index (χ0n) is 17.3. The van der Waals surface area contributed by atoms with Crippen LogP contribution < -0.4 is 0 Å². The van der Waals surface area contributed by atoms with E-state index in [9.17, 15) is 9.59 Å². The van der Waals surface area contributed by atoms with Crippen LogP contribution in [-0.2, 0) is 14.3 Å². The van der Waals surface area contributed by atoms with Gasteiger partial charge in [0.15, 0.2) is 0 Å². The minimum atomic E-state index is -0.437. The first-order chi connectivity index (χ1) is 12.8. The van der Waals surface area contributed by atoms with E-state index in [1.807, 2.05) is 30.6 Å². The second kappa shape index (κ2) is 8.35. The van der Waals surface area contributed by atoms with Crippen molar-refractivity contribution in [3.8, 4) is 0 Å². The Balaban J connectivity index is 1.47. The van der Waals surface area contributed by atoms with E-state index < -0.39 is 5.60 Å². The highest BCUT2D eigenvalue weighted by Gasteiger charge is 2.45. The molecule has 0 aromatic rings. The highest BCUT2D eigenvalue weighted by Crippen LogP contribution is 2.39. The number of piperidine rings is 1. The summed E-state index contributed by atoms with van der Waals surface area (Å²) in [6.07, 6.45) is 4.19. The largest absolute Gasteiger partial charge is 0.444 e. The number of carbonyl (C=O) groups excluding carboxylic acids is 2. The summed E-state index contributed by atoms with van der Waals surface area (Å²) < 4.78 is 10.6. The lowest BCUT2D eigenvalue weighted by Gasteiger charge is -2.42. The molecule has 3 saturated heterocycles. The van der Waals surface area contributed by atoms with Crippen molar-refractivity contribution < 1.29 is 19.1 Å². The summed E-state index contributed by atoms with van der Waals surface area (Å²) in [5, 5.41) is 0. The molecule has 154 valence electrons. The molecule has 27 heavy (non-hydrogen) atoms. The Morgan fingerprint density at radius 2 is 1.59 bits per heavy atom. The fourth-order valence-electron chi connectivity index (χ4n) is 4.81. The smallest absolute Gasteiger partial charge is 0.410 e. The summed E-state index contributed by atoms with van der Waals surface area (Å²) >= 11 is 0. The SMILES string of the molecule is COCC(=O)N1CCN(CC2CC3CCC(C2)N3C(=O)OC(C)(C)C)CC1. The molecule has 0 saturated carbocycles. The van der Waals surface area contributed by atoms with Gasteiger partial charge in [0.1, 0.15) is 12.2 Å². The molecule has 0 aliphatic carbocycles. The van der Waals surface area contributed by atoms with E-state index in [-0.39, 0.29) is 18.6 Å². The van der Waals surface area contributed by atoms with Crippen LogP contribution in [0.25, 0.3) is 0 Å². The van der Waals surface area contributed by atoms with E-state index >= 15 is 0 Å². The van der Waals surface area contributed by atoms with Crippen molar-refractivity contribution in [2.75, 3.05) is 46.4 Å². The van der Waals surface area contributed by atoms with Gasteiger partial charge in [0.2, 0.25) is 5.91 Å². The summed E-state index contributed by atoms with van der Waals surface area (Å²) in [5.41, 5.74) is -0.437. The van der Waals surface area contributed by atoms with Gasteiger partial charge in [-0.3, -0.25) is 9.69 Å². The van der Waals surface area contributed by atoms with Gasteiger partial charge in [0.25, 0.3) is 0 Å². The van der Waals surface area contributed by atoms with E-state index in [0.717, 1.165) is 58.4 Å². The van der Waals surface area contributed by atoms with Crippen LogP contribution in [0, 0.1) is 5.92 Å². The maximum absolute atomic E-state index is 12.6. The number of ether oxygens (including phenoxy) is 2. The molecule has 0 spiro atoms. The number of rotatable bonds is 4. The van der Waals surface area contributed by atoms with Crippen LogP contribution in [-0.4, -0.2) is 90.8 Å². The average Bonchev–Trinajstić information content (AvgIpc) is 2.86. The number of hydrogen-bond donors (Lipinski definition) is 0. The number of fused-ring (bicyclic) bond motifs is 2. The normalized spacial score (nSPS) is 29.1. The molecule has 2 bridgehead atoms. The highest BCUT2D eigenvalue weighted by molar-refractivity contribution is 5.77. The fourth-order valence-corrected chi connectivity index (χ4v) is 4.81. The number of hydrogen-bond acceptors (Lipinski definition) is 5. The van der Waals surface area contributed by atoms with Crippen LogP contribution in [0.2, 0.25) is 0 Å². The molecule has 2 atom stereocenters.